The minimum Gasteiger partial charge on any atom is -0.381 e. The zero-order chi connectivity index (χ0) is 20.9. The Morgan fingerprint density at radius 3 is 2.32 bits per heavy atom. The van der Waals surface area contributed by atoms with Crippen molar-refractivity contribution in [3.63, 3.8) is 0 Å². The Hall–Kier alpha value is -0.900. The summed E-state index contributed by atoms with van der Waals surface area (Å²) in [5.41, 5.74) is 2.44. The third-order valence-corrected chi connectivity index (χ3v) is 5.88. The molecular weight excluding hydrogens is 505 g/mol. The third-order valence-electron chi connectivity index (χ3n) is 5.88. The minimum atomic E-state index is 0. The van der Waals surface area contributed by atoms with Gasteiger partial charge in [-0.3, -0.25) is 4.99 Å². The van der Waals surface area contributed by atoms with E-state index in [9.17, 15) is 0 Å². The molecule has 0 unspecified atom stereocenters. The van der Waals surface area contributed by atoms with Gasteiger partial charge in [-0.15, -0.1) is 24.0 Å². The number of halogens is 1. The number of rotatable bonds is 10. The Bertz CT molecular complexity index is 615. The number of guanidine groups is 1. The summed E-state index contributed by atoms with van der Waals surface area (Å²) in [7, 11) is 1.81. The second-order valence-electron chi connectivity index (χ2n) is 8.28. The largest absolute Gasteiger partial charge is 0.381 e. The van der Waals surface area contributed by atoms with Gasteiger partial charge in [0.2, 0.25) is 0 Å². The van der Waals surface area contributed by atoms with Gasteiger partial charge in [0.15, 0.2) is 5.96 Å². The van der Waals surface area contributed by atoms with E-state index >= 15 is 0 Å². The van der Waals surface area contributed by atoms with Gasteiger partial charge >= 0.3 is 0 Å². The van der Waals surface area contributed by atoms with E-state index in [1.807, 2.05) is 7.05 Å². The zero-order valence-corrected chi connectivity index (χ0v) is 21.3. The lowest BCUT2D eigenvalue weighted by Crippen LogP contribution is -2.37. The number of hydrogen-bond acceptors (Lipinski definition) is 4. The van der Waals surface area contributed by atoms with E-state index in [0.29, 0.717) is 18.8 Å². The first-order chi connectivity index (χ1) is 14.8. The lowest BCUT2D eigenvalue weighted by atomic mass is 9.98. The molecule has 2 N–H and O–H groups in total. The van der Waals surface area contributed by atoms with Gasteiger partial charge in [0.1, 0.15) is 0 Å². The second-order valence-corrected chi connectivity index (χ2v) is 8.28. The van der Waals surface area contributed by atoms with Crippen LogP contribution in [0.3, 0.4) is 0 Å². The molecule has 0 bridgehead atoms. The molecule has 3 rings (SSSR count). The van der Waals surface area contributed by atoms with Gasteiger partial charge < -0.3 is 24.8 Å². The van der Waals surface area contributed by atoms with Crippen LogP contribution in [0.4, 0.5) is 0 Å². The summed E-state index contributed by atoms with van der Waals surface area (Å²) in [4.78, 5) is 4.31. The molecule has 0 amide bonds. The molecule has 1 heterocycles. The van der Waals surface area contributed by atoms with E-state index in [1.54, 1.807) is 0 Å². The van der Waals surface area contributed by atoms with Crippen LogP contribution in [-0.2, 0) is 27.4 Å². The summed E-state index contributed by atoms with van der Waals surface area (Å²) in [6.45, 7) is 4.75. The van der Waals surface area contributed by atoms with Crippen molar-refractivity contribution in [2.45, 2.75) is 76.7 Å². The Balaban J connectivity index is 0.00000341. The van der Waals surface area contributed by atoms with Crippen molar-refractivity contribution >= 4 is 29.9 Å². The highest BCUT2D eigenvalue weighted by molar-refractivity contribution is 14.0. The maximum absolute atomic E-state index is 5.99. The van der Waals surface area contributed by atoms with Gasteiger partial charge in [0, 0.05) is 40.0 Å². The van der Waals surface area contributed by atoms with Crippen LogP contribution < -0.4 is 10.6 Å². The maximum atomic E-state index is 5.99. The van der Waals surface area contributed by atoms with Gasteiger partial charge in [-0.1, -0.05) is 43.5 Å². The van der Waals surface area contributed by atoms with Crippen LogP contribution in [0.5, 0.6) is 0 Å². The van der Waals surface area contributed by atoms with Gasteiger partial charge in [-0.2, -0.15) is 0 Å². The summed E-state index contributed by atoms with van der Waals surface area (Å²) in [6, 6.07) is 8.60. The summed E-state index contributed by atoms with van der Waals surface area (Å²) >= 11 is 0. The van der Waals surface area contributed by atoms with Crippen LogP contribution in [0.25, 0.3) is 0 Å². The highest BCUT2D eigenvalue weighted by Crippen LogP contribution is 2.20. The molecule has 31 heavy (non-hydrogen) atoms. The molecule has 1 aromatic rings. The van der Waals surface area contributed by atoms with Crippen LogP contribution >= 0.6 is 24.0 Å². The van der Waals surface area contributed by atoms with Crippen molar-refractivity contribution < 1.29 is 14.2 Å². The first-order valence-corrected chi connectivity index (χ1v) is 11.7. The quantitative estimate of drug-likeness (QED) is 0.198. The number of nitrogens with one attached hydrogen (secondary N) is 2. The Labute approximate surface area is 204 Å². The molecule has 2 aliphatic rings. The average molecular weight is 546 g/mol. The number of benzene rings is 1. The summed E-state index contributed by atoms with van der Waals surface area (Å²) in [6.07, 6.45) is 10.3. The highest BCUT2D eigenvalue weighted by Gasteiger charge is 2.14. The van der Waals surface area contributed by atoms with E-state index in [4.69, 9.17) is 14.2 Å². The summed E-state index contributed by atoms with van der Waals surface area (Å²) < 4.78 is 17.3. The standard InChI is InChI=1S/C24H39N3O3.HI/c1-25-24(26-14-5-15-29-22-6-3-2-4-7-22)27-18-20-8-10-21(11-9-20)19-30-23-12-16-28-17-13-23;/h8-11,22-23H,2-7,12-19H2,1H3,(H2,25,26,27);1H. The summed E-state index contributed by atoms with van der Waals surface area (Å²) in [5, 5.41) is 6.76. The van der Waals surface area contributed by atoms with Crippen LogP contribution in [0.1, 0.15) is 62.5 Å². The lowest BCUT2D eigenvalue weighted by Gasteiger charge is -2.22. The lowest BCUT2D eigenvalue weighted by molar-refractivity contribution is -0.0390. The van der Waals surface area contributed by atoms with Crippen molar-refractivity contribution in [2.24, 2.45) is 4.99 Å². The van der Waals surface area contributed by atoms with Crippen LogP contribution in [0, 0.1) is 0 Å². The minimum absolute atomic E-state index is 0. The third kappa shape index (κ3) is 10.5. The smallest absolute Gasteiger partial charge is 0.191 e. The average Bonchev–Trinajstić information content (AvgIpc) is 2.81. The molecule has 1 saturated heterocycles. The first kappa shape index (κ1) is 26.4. The van der Waals surface area contributed by atoms with Gasteiger partial charge in [-0.05, 0) is 43.2 Å². The monoisotopic (exact) mass is 545 g/mol. The normalized spacial score (nSPS) is 18.4. The van der Waals surface area contributed by atoms with Crippen LogP contribution in [0.15, 0.2) is 29.3 Å². The number of nitrogens with zero attached hydrogens (tertiary/aromatic N) is 1. The fourth-order valence-electron chi connectivity index (χ4n) is 3.98. The number of hydrogen-bond donors (Lipinski definition) is 2. The topological polar surface area (TPSA) is 64.1 Å². The van der Waals surface area contributed by atoms with E-state index < -0.39 is 0 Å². The predicted octanol–water partition coefficient (Wildman–Crippen LogP) is 4.40. The number of ether oxygens (including phenoxy) is 3. The molecular formula is C24H40IN3O3. The van der Waals surface area contributed by atoms with Crippen LogP contribution in [-0.4, -0.2) is 51.6 Å². The van der Waals surface area contributed by atoms with E-state index in [0.717, 1.165) is 58.1 Å². The van der Waals surface area contributed by atoms with Gasteiger partial charge in [-0.25, -0.2) is 0 Å². The first-order valence-electron chi connectivity index (χ1n) is 11.7. The van der Waals surface area contributed by atoms with Crippen molar-refractivity contribution in [3.05, 3.63) is 35.4 Å². The van der Waals surface area contributed by atoms with Crippen molar-refractivity contribution in [2.75, 3.05) is 33.4 Å². The van der Waals surface area contributed by atoms with E-state index in [1.165, 1.54) is 43.2 Å². The van der Waals surface area contributed by atoms with Crippen molar-refractivity contribution in [1.82, 2.24) is 10.6 Å². The second kappa shape index (κ2) is 15.8. The van der Waals surface area contributed by atoms with Crippen molar-refractivity contribution in [3.8, 4) is 0 Å². The molecule has 0 aromatic heterocycles. The molecule has 176 valence electrons. The fourth-order valence-corrected chi connectivity index (χ4v) is 3.98. The highest BCUT2D eigenvalue weighted by atomic mass is 127. The molecule has 0 spiro atoms. The van der Waals surface area contributed by atoms with Gasteiger partial charge in [0.25, 0.3) is 0 Å². The van der Waals surface area contributed by atoms with Crippen LogP contribution in [0.2, 0.25) is 0 Å². The molecule has 0 atom stereocenters. The molecule has 1 saturated carbocycles. The molecule has 1 aliphatic heterocycles. The molecule has 7 heteroatoms. The maximum Gasteiger partial charge on any atom is 0.191 e. The van der Waals surface area contributed by atoms with E-state index in [-0.39, 0.29) is 24.0 Å². The Kier molecular flexibility index (Phi) is 13.5. The van der Waals surface area contributed by atoms with Crippen molar-refractivity contribution in [1.29, 1.82) is 0 Å². The van der Waals surface area contributed by atoms with E-state index in [2.05, 4.69) is 39.9 Å². The molecule has 0 radical (unpaired) electrons. The van der Waals surface area contributed by atoms with Gasteiger partial charge in [0.05, 0.1) is 18.8 Å². The number of aliphatic imine (C=N–C) groups is 1. The molecule has 2 fully saturated rings. The fraction of sp³-hybridized carbons (Fsp3) is 0.708. The predicted molar refractivity (Wildman–Crippen MR) is 136 cm³/mol. The Morgan fingerprint density at radius 1 is 0.935 bits per heavy atom. The molecule has 1 aromatic carbocycles. The SMILES string of the molecule is CN=C(NCCCOC1CCCCC1)NCc1ccc(COC2CCOCC2)cc1.I. The Morgan fingerprint density at radius 2 is 1.61 bits per heavy atom. The molecule has 1 aliphatic carbocycles. The summed E-state index contributed by atoms with van der Waals surface area (Å²) in [5.74, 6) is 0.833. The molecule has 6 nitrogen and oxygen atoms in total. The zero-order valence-electron chi connectivity index (χ0n) is 18.9.